The Labute approximate surface area is 156 Å². The lowest BCUT2D eigenvalue weighted by Crippen LogP contribution is -2.12. The van der Waals surface area contributed by atoms with Crippen molar-refractivity contribution in [2.75, 3.05) is 0 Å². The second-order valence-electron chi connectivity index (χ2n) is 7.95. The Morgan fingerprint density at radius 3 is 1.38 bits per heavy atom. The number of rotatable bonds is 2. The zero-order chi connectivity index (χ0) is 17.3. The first-order chi connectivity index (χ1) is 12.9. The van der Waals surface area contributed by atoms with Gasteiger partial charge in [-0.15, -0.1) is 0 Å². The molecule has 0 saturated heterocycles. The zero-order valence-corrected chi connectivity index (χ0v) is 15.3. The van der Waals surface area contributed by atoms with Crippen molar-refractivity contribution < 1.29 is 0 Å². The van der Waals surface area contributed by atoms with Crippen LogP contribution in [0.1, 0.15) is 70.9 Å². The number of fused-ring (bicyclic) bond motifs is 2. The molecule has 0 aromatic heterocycles. The van der Waals surface area contributed by atoms with Gasteiger partial charge < -0.3 is 0 Å². The van der Waals surface area contributed by atoms with Gasteiger partial charge in [0.05, 0.1) is 0 Å². The normalized spacial score (nSPS) is 21.7. The van der Waals surface area contributed by atoms with Crippen LogP contribution in [0.2, 0.25) is 0 Å². The lowest BCUT2D eigenvalue weighted by atomic mass is 9.76. The number of hydrogen-bond acceptors (Lipinski definition) is 0. The highest BCUT2D eigenvalue weighted by atomic mass is 14.3. The van der Waals surface area contributed by atoms with E-state index in [1.54, 1.807) is 22.3 Å². The Morgan fingerprint density at radius 2 is 0.923 bits per heavy atom. The van der Waals surface area contributed by atoms with Gasteiger partial charge in [-0.1, -0.05) is 72.8 Å². The van der Waals surface area contributed by atoms with Crippen molar-refractivity contribution in [2.24, 2.45) is 0 Å². The van der Waals surface area contributed by atoms with E-state index < -0.39 is 0 Å². The van der Waals surface area contributed by atoms with Gasteiger partial charge in [-0.25, -0.2) is 0 Å². The van der Waals surface area contributed by atoms with E-state index in [1.165, 1.54) is 49.7 Å². The molecule has 0 radical (unpaired) electrons. The summed E-state index contributed by atoms with van der Waals surface area (Å²) in [5.41, 5.74) is 9.18. The van der Waals surface area contributed by atoms with E-state index in [-0.39, 0.29) is 0 Å². The van der Waals surface area contributed by atoms with E-state index >= 15 is 0 Å². The third-order valence-electron chi connectivity index (χ3n) is 6.48. The lowest BCUT2D eigenvalue weighted by Gasteiger charge is -2.28. The maximum absolute atomic E-state index is 2.40. The fourth-order valence-electron chi connectivity index (χ4n) is 5.16. The van der Waals surface area contributed by atoms with E-state index in [0.717, 1.165) is 0 Å². The van der Waals surface area contributed by atoms with Gasteiger partial charge in [-0.3, -0.25) is 0 Å². The molecule has 2 atom stereocenters. The molecule has 0 bridgehead atoms. The topological polar surface area (TPSA) is 0 Å². The van der Waals surface area contributed by atoms with Crippen molar-refractivity contribution in [1.82, 2.24) is 0 Å². The summed E-state index contributed by atoms with van der Waals surface area (Å²) in [5, 5.41) is 0. The first kappa shape index (κ1) is 15.9. The molecule has 2 aliphatic carbocycles. The monoisotopic (exact) mass is 338 g/mol. The van der Waals surface area contributed by atoms with Crippen LogP contribution in [0.5, 0.6) is 0 Å². The Morgan fingerprint density at radius 1 is 0.500 bits per heavy atom. The van der Waals surface area contributed by atoms with E-state index in [2.05, 4.69) is 72.8 Å². The molecule has 0 heterocycles. The summed E-state index contributed by atoms with van der Waals surface area (Å²) >= 11 is 0. The molecule has 0 amide bonds. The molecule has 0 fully saturated rings. The van der Waals surface area contributed by atoms with Gasteiger partial charge in [0.1, 0.15) is 0 Å². The van der Waals surface area contributed by atoms with Gasteiger partial charge in [0.15, 0.2) is 0 Å². The second kappa shape index (κ2) is 6.76. The standard InChI is InChI=1S/C26H26/c1-3-11-23-19(7-1)9-5-13-25(23)21-15-17-22(18-16-21)26-14-6-10-20-8-2-4-12-24(20)26/h1-4,7-8,11-12,15-18,25-26H,5-6,9-10,13-14H2. The highest BCUT2D eigenvalue weighted by Gasteiger charge is 2.23. The molecular weight excluding hydrogens is 312 g/mol. The second-order valence-corrected chi connectivity index (χ2v) is 7.95. The molecule has 0 nitrogen and oxygen atoms in total. The third kappa shape index (κ3) is 2.78. The van der Waals surface area contributed by atoms with Crippen molar-refractivity contribution in [3.8, 4) is 0 Å². The van der Waals surface area contributed by atoms with Crippen LogP contribution in [-0.4, -0.2) is 0 Å². The minimum Gasteiger partial charge on any atom is -0.0620 e. The zero-order valence-electron chi connectivity index (χ0n) is 15.3. The lowest BCUT2D eigenvalue weighted by molar-refractivity contribution is 0.609. The maximum Gasteiger partial charge on any atom is 0.00921 e. The summed E-state index contributed by atoms with van der Waals surface area (Å²) in [4.78, 5) is 0. The smallest absolute Gasteiger partial charge is 0.00921 e. The summed E-state index contributed by atoms with van der Waals surface area (Å²) in [6.45, 7) is 0. The first-order valence-corrected chi connectivity index (χ1v) is 10.2. The first-order valence-electron chi connectivity index (χ1n) is 10.2. The average Bonchev–Trinajstić information content (AvgIpc) is 2.73. The van der Waals surface area contributed by atoms with Crippen LogP contribution in [0, 0.1) is 0 Å². The number of hydrogen-bond donors (Lipinski definition) is 0. The van der Waals surface area contributed by atoms with Gasteiger partial charge in [0.25, 0.3) is 0 Å². The van der Waals surface area contributed by atoms with Crippen LogP contribution in [0.3, 0.4) is 0 Å². The van der Waals surface area contributed by atoms with Crippen LogP contribution < -0.4 is 0 Å². The highest BCUT2D eigenvalue weighted by Crippen LogP contribution is 2.39. The fraction of sp³-hybridized carbons (Fsp3) is 0.308. The van der Waals surface area contributed by atoms with Crippen LogP contribution in [0.25, 0.3) is 0 Å². The summed E-state index contributed by atoms with van der Waals surface area (Å²) in [6, 6.07) is 27.7. The van der Waals surface area contributed by atoms with Gasteiger partial charge in [0, 0.05) is 11.8 Å². The third-order valence-corrected chi connectivity index (χ3v) is 6.48. The van der Waals surface area contributed by atoms with Crippen LogP contribution in [0.15, 0.2) is 72.8 Å². The summed E-state index contributed by atoms with van der Waals surface area (Å²) < 4.78 is 0. The Bertz CT molecular complexity index is 827. The minimum atomic E-state index is 0.577. The van der Waals surface area contributed by atoms with E-state index in [4.69, 9.17) is 0 Å². The van der Waals surface area contributed by atoms with Crippen molar-refractivity contribution >= 4 is 0 Å². The Kier molecular flexibility index (Phi) is 4.13. The Balaban J connectivity index is 1.46. The molecule has 130 valence electrons. The van der Waals surface area contributed by atoms with Gasteiger partial charge >= 0.3 is 0 Å². The molecule has 0 aliphatic heterocycles. The van der Waals surface area contributed by atoms with Crippen molar-refractivity contribution in [2.45, 2.75) is 50.4 Å². The maximum atomic E-state index is 2.40. The predicted molar refractivity (Wildman–Crippen MR) is 109 cm³/mol. The molecule has 0 spiro atoms. The molecular formula is C26H26. The van der Waals surface area contributed by atoms with Crippen LogP contribution in [0.4, 0.5) is 0 Å². The minimum absolute atomic E-state index is 0.577. The Hall–Kier alpha value is -2.34. The van der Waals surface area contributed by atoms with Crippen molar-refractivity contribution in [3.63, 3.8) is 0 Å². The summed E-state index contributed by atoms with van der Waals surface area (Å²) in [7, 11) is 0. The van der Waals surface area contributed by atoms with Crippen LogP contribution >= 0.6 is 0 Å². The number of aryl methyl sites for hydroxylation is 2. The highest BCUT2D eigenvalue weighted by molar-refractivity contribution is 5.44. The molecule has 3 aromatic carbocycles. The van der Waals surface area contributed by atoms with Gasteiger partial charge in [-0.05, 0) is 71.9 Å². The van der Waals surface area contributed by atoms with Crippen molar-refractivity contribution in [3.05, 3.63) is 106 Å². The van der Waals surface area contributed by atoms with E-state index in [1.807, 2.05) is 0 Å². The largest absolute Gasteiger partial charge is 0.0620 e. The molecule has 3 aromatic rings. The van der Waals surface area contributed by atoms with Gasteiger partial charge in [0.2, 0.25) is 0 Å². The van der Waals surface area contributed by atoms with E-state index in [0.29, 0.717) is 11.8 Å². The molecule has 0 heteroatoms. The molecule has 5 rings (SSSR count). The van der Waals surface area contributed by atoms with Crippen molar-refractivity contribution in [1.29, 1.82) is 0 Å². The molecule has 26 heavy (non-hydrogen) atoms. The molecule has 2 unspecified atom stereocenters. The summed E-state index contributed by atoms with van der Waals surface area (Å²) in [5.74, 6) is 1.15. The molecule has 2 aliphatic rings. The van der Waals surface area contributed by atoms with Crippen LogP contribution in [-0.2, 0) is 12.8 Å². The average molecular weight is 338 g/mol. The van der Waals surface area contributed by atoms with Gasteiger partial charge in [-0.2, -0.15) is 0 Å². The molecule has 0 saturated carbocycles. The number of benzene rings is 3. The molecule has 0 N–H and O–H groups in total. The quantitative estimate of drug-likeness (QED) is 0.492. The predicted octanol–water partition coefficient (Wildman–Crippen LogP) is 6.62. The fourth-order valence-corrected chi connectivity index (χ4v) is 5.16. The SMILES string of the molecule is c1ccc2c(c1)CCCC2c1ccc(C2CCCc3ccccc32)cc1. The van der Waals surface area contributed by atoms with E-state index in [9.17, 15) is 0 Å². The summed E-state index contributed by atoms with van der Waals surface area (Å²) in [6.07, 6.45) is 7.65.